The Labute approximate surface area is 239 Å². The fourth-order valence-corrected chi connectivity index (χ4v) is 5.20. The Morgan fingerprint density at radius 3 is 2.63 bits per heavy atom. The predicted molar refractivity (Wildman–Crippen MR) is 158 cm³/mol. The summed E-state index contributed by atoms with van der Waals surface area (Å²) < 4.78 is 25.8. The molecule has 1 aliphatic heterocycles. The van der Waals surface area contributed by atoms with Crippen molar-refractivity contribution < 1.29 is 23.1 Å². The molecule has 1 aromatic heterocycles. The van der Waals surface area contributed by atoms with Crippen molar-refractivity contribution in [3.63, 3.8) is 0 Å². The molecule has 7 nitrogen and oxygen atoms in total. The standard InChI is InChI=1S/C33H36FN3O4/c1-20(2)17-37-33(39)24-8-12-28(40-19-22-4-3-13-36-18-22)25(16-24)14-21-5-11-29-27(15-21)30(32(35)38)31(41-29)23-6-9-26(34)10-7-23/h5-12,15-16,20,22,36H,3-4,13-14,17-19H2,1-2H3,(H2,35,38)(H,37,39). The molecule has 8 heteroatoms. The summed E-state index contributed by atoms with van der Waals surface area (Å²) in [6.07, 6.45) is 2.71. The number of carbonyl (C=O) groups excluding carboxylic acids is 2. The zero-order valence-electron chi connectivity index (χ0n) is 23.5. The average molecular weight is 558 g/mol. The van der Waals surface area contributed by atoms with E-state index in [2.05, 4.69) is 24.5 Å². The van der Waals surface area contributed by atoms with Crippen LogP contribution in [0.2, 0.25) is 0 Å². The molecule has 0 bridgehead atoms. The molecule has 0 spiro atoms. The molecule has 4 aromatic rings. The number of rotatable bonds is 10. The van der Waals surface area contributed by atoms with Gasteiger partial charge in [-0.05, 0) is 91.0 Å². The first kappa shape index (κ1) is 28.4. The number of hydrogen-bond donors (Lipinski definition) is 3. The third-order valence-corrected chi connectivity index (χ3v) is 7.37. The summed E-state index contributed by atoms with van der Waals surface area (Å²) in [5, 5.41) is 6.99. The van der Waals surface area contributed by atoms with Gasteiger partial charge in [0.25, 0.3) is 11.8 Å². The minimum atomic E-state index is -0.630. The molecule has 2 heterocycles. The zero-order valence-corrected chi connectivity index (χ0v) is 23.5. The lowest BCUT2D eigenvalue weighted by Gasteiger charge is -2.23. The van der Waals surface area contributed by atoms with Gasteiger partial charge in [-0.15, -0.1) is 0 Å². The van der Waals surface area contributed by atoms with E-state index in [-0.39, 0.29) is 17.3 Å². The molecule has 1 atom stereocenters. The number of amides is 2. The van der Waals surface area contributed by atoms with E-state index in [1.807, 2.05) is 24.3 Å². The van der Waals surface area contributed by atoms with Crippen LogP contribution in [0.15, 0.2) is 65.1 Å². The minimum absolute atomic E-state index is 0.131. The molecule has 1 unspecified atom stereocenters. The lowest BCUT2D eigenvalue weighted by Crippen LogP contribution is -2.33. The number of halogens is 1. The smallest absolute Gasteiger partial charge is 0.253 e. The van der Waals surface area contributed by atoms with Gasteiger partial charge in [0, 0.05) is 41.9 Å². The number of primary amides is 1. The molecule has 5 rings (SSSR count). The Balaban J connectivity index is 1.48. The fraction of sp³-hybridized carbons (Fsp3) is 0.333. The van der Waals surface area contributed by atoms with Crippen LogP contribution in [0.1, 0.15) is 58.5 Å². The van der Waals surface area contributed by atoms with Crippen LogP contribution in [0.4, 0.5) is 4.39 Å². The highest BCUT2D eigenvalue weighted by molar-refractivity contribution is 6.10. The van der Waals surface area contributed by atoms with Gasteiger partial charge in [-0.2, -0.15) is 0 Å². The first-order valence-corrected chi connectivity index (χ1v) is 14.1. The highest BCUT2D eigenvalue weighted by Crippen LogP contribution is 2.35. The summed E-state index contributed by atoms with van der Waals surface area (Å²) >= 11 is 0. The van der Waals surface area contributed by atoms with Crippen molar-refractivity contribution in [1.29, 1.82) is 0 Å². The molecule has 1 saturated heterocycles. The van der Waals surface area contributed by atoms with Crippen LogP contribution < -0.4 is 21.1 Å². The lowest BCUT2D eigenvalue weighted by molar-refractivity contribution is 0.0947. The number of ether oxygens (including phenoxy) is 1. The number of benzene rings is 3. The number of carbonyl (C=O) groups is 2. The fourth-order valence-electron chi connectivity index (χ4n) is 5.20. The van der Waals surface area contributed by atoms with E-state index < -0.39 is 5.91 Å². The summed E-state index contributed by atoms with van der Waals surface area (Å²) in [4.78, 5) is 25.4. The second-order valence-electron chi connectivity index (χ2n) is 11.1. The second-order valence-corrected chi connectivity index (χ2v) is 11.1. The second kappa shape index (κ2) is 12.6. The number of furan rings is 1. The maximum absolute atomic E-state index is 13.5. The third kappa shape index (κ3) is 6.77. The van der Waals surface area contributed by atoms with E-state index in [4.69, 9.17) is 14.9 Å². The van der Waals surface area contributed by atoms with Gasteiger partial charge in [-0.3, -0.25) is 9.59 Å². The van der Waals surface area contributed by atoms with Crippen molar-refractivity contribution in [1.82, 2.24) is 10.6 Å². The normalized spacial score (nSPS) is 15.3. The summed E-state index contributed by atoms with van der Waals surface area (Å²) in [5.74, 6) is 0.652. The Kier molecular flexibility index (Phi) is 8.69. The highest BCUT2D eigenvalue weighted by atomic mass is 19.1. The van der Waals surface area contributed by atoms with E-state index in [9.17, 15) is 14.0 Å². The summed E-state index contributed by atoms with van der Waals surface area (Å²) in [5.41, 5.74) is 9.43. The Hall–Kier alpha value is -4.17. The molecule has 0 radical (unpaired) electrons. The van der Waals surface area contributed by atoms with Gasteiger partial charge in [-0.1, -0.05) is 19.9 Å². The number of fused-ring (bicyclic) bond motifs is 1. The van der Waals surface area contributed by atoms with E-state index in [1.165, 1.54) is 12.1 Å². The van der Waals surface area contributed by atoms with Crippen LogP contribution in [0.25, 0.3) is 22.3 Å². The zero-order chi connectivity index (χ0) is 28.9. The van der Waals surface area contributed by atoms with Gasteiger partial charge < -0.3 is 25.5 Å². The van der Waals surface area contributed by atoms with Gasteiger partial charge >= 0.3 is 0 Å². The van der Waals surface area contributed by atoms with Gasteiger partial charge in [0.2, 0.25) is 0 Å². The average Bonchev–Trinajstić information content (AvgIpc) is 3.35. The maximum Gasteiger partial charge on any atom is 0.253 e. The SMILES string of the molecule is CC(C)CNC(=O)c1ccc(OCC2CCCNC2)c(Cc2ccc3oc(-c4ccc(F)cc4)c(C(N)=O)c3c2)c1. The number of piperidine rings is 1. The molecule has 41 heavy (non-hydrogen) atoms. The van der Waals surface area contributed by atoms with Gasteiger partial charge in [0.15, 0.2) is 0 Å². The molecule has 2 amide bonds. The molecule has 4 N–H and O–H groups in total. The molecule has 214 valence electrons. The quantitative estimate of drug-likeness (QED) is 0.232. The van der Waals surface area contributed by atoms with Gasteiger partial charge in [-0.25, -0.2) is 4.39 Å². The summed E-state index contributed by atoms with van der Waals surface area (Å²) in [7, 11) is 0. The molecule has 1 fully saturated rings. The third-order valence-electron chi connectivity index (χ3n) is 7.37. The van der Waals surface area contributed by atoms with Gasteiger partial charge in [0.05, 0.1) is 12.2 Å². The Bertz CT molecular complexity index is 1540. The molecule has 0 saturated carbocycles. The maximum atomic E-state index is 13.5. The van der Waals surface area contributed by atoms with Crippen LogP contribution >= 0.6 is 0 Å². The van der Waals surface area contributed by atoms with E-state index in [0.29, 0.717) is 59.3 Å². The minimum Gasteiger partial charge on any atom is -0.493 e. The Morgan fingerprint density at radius 1 is 1.12 bits per heavy atom. The first-order valence-electron chi connectivity index (χ1n) is 14.1. The van der Waals surface area contributed by atoms with Crippen LogP contribution in [0.3, 0.4) is 0 Å². The Morgan fingerprint density at radius 2 is 1.93 bits per heavy atom. The van der Waals surface area contributed by atoms with Crippen LogP contribution in [-0.4, -0.2) is 38.1 Å². The summed E-state index contributed by atoms with van der Waals surface area (Å²) in [6.45, 7) is 7.24. The first-order chi connectivity index (χ1) is 19.8. The number of nitrogens with two attached hydrogens (primary N) is 1. The van der Waals surface area contributed by atoms with Crippen LogP contribution in [0.5, 0.6) is 5.75 Å². The van der Waals surface area contributed by atoms with Crippen molar-refractivity contribution in [2.24, 2.45) is 17.6 Å². The van der Waals surface area contributed by atoms with Crippen molar-refractivity contribution in [3.05, 3.63) is 88.7 Å². The van der Waals surface area contributed by atoms with Crippen molar-refractivity contribution in [2.45, 2.75) is 33.1 Å². The monoisotopic (exact) mass is 557 g/mol. The molecular weight excluding hydrogens is 521 g/mol. The van der Waals surface area contributed by atoms with Crippen LogP contribution in [0, 0.1) is 17.7 Å². The number of hydrogen-bond acceptors (Lipinski definition) is 5. The van der Waals surface area contributed by atoms with E-state index in [1.54, 1.807) is 24.3 Å². The topological polar surface area (TPSA) is 107 Å². The predicted octanol–water partition coefficient (Wildman–Crippen LogP) is 5.69. The van der Waals surface area contributed by atoms with Crippen molar-refractivity contribution >= 4 is 22.8 Å². The molecule has 1 aliphatic rings. The van der Waals surface area contributed by atoms with Crippen molar-refractivity contribution in [2.75, 3.05) is 26.2 Å². The highest BCUT2D eigenvalue weighted by Gasteiger charge is 2.22. The summed E-state index contributed by atoms with van der Waals surface area (Å²) in [6, 6.07) is 16.9. The molecular formula is C33H36FN3O4. The largest absolute Gasteiger partial charge is 0.493 e. The van der Waals surface area contributed by atoms with Crippen molar-refractivity contribution in [3.8, 4) is 17.1 Å². The van der Waals surface area contributed by atoms with E-state index in [0.717, 1.165) is 42.8 Å². The molecule has 0 aliphatic carbocycles. The van der Waals surface area contributed by atoms with E-state index >= 15 is 0 Å². The lowest BCUT2D eigenvalue weighted by atomic mass is 9.98. The van der Waals surface area contributed by atoms with Crippen LogP contribution in [-0.2, 0) is 6.42 Å². The van der Waals surface area contributed by atoms with Gasteiger partial charge in [0.1, 0.15) is 22.9 Å². The number of nitrogens with one attached hydrogen (secondary N) is 2. The molecule has 3 aromatic carbocycles.